The molecule has 0 spiro atoms. The van der Waals surface area contributed by atoms with Crippen LogP contribution < -0.4 is 5.56 Å². The molecular formula is C12H8N4O. The summed E-state index contributed by atoms with van der Waals surface area (Å²) >= 11 is 0. The standard InChI is InChI=1S/C12H8N4O/c13-5-8-11(15-16-12(8)17)9-6-14-10-4-2-1-3-7(9)10/h1-4,6,14H,(H2,15,16,17). The predicted molar refractivity (Wildman–Crippen MR) is 63.4 cm³/mol. The summed E-state index contributed by atoms with van der Waals surface area (Å²) in [6.07, 6.45) is 1.78. The van der Waals surface area contributed by atoms with E-state index in [-0.39, 0.29) is 5.56 Å². The largest absolute Gasteiger partial charge is 0.360 e. The van der Waals surface area contributed by atoms with E-state index < -0.39 is 5.56 Å². The third-order valence-corrected chi connectivity index (χ3v) is 2.75. The summed E-state index contributed by atoms with van der Waals surface area (Å²) in [5, 5.41) is 15.1. The van der Waals surface area contributed by atoms with Crippen LogP contribution in [-0.2, 0) is 0 Å². The number of nitriles is 1. The number of rotatable bonds is 1. The first-order valence-corrected chi connectivity index (χ1v) is 5.08. The Morgan fingerprint density at radius 1 is 1.18 bits per heavy atom. The minimum absolute atomic E-state index is 0.106. The monoisotopic (exact) mass is 224 g/mol. The van der Waals surface area contributed by atoms with Gasteiger partial charge in [-0.15, -0.1) is 0 Å². The van der Waals surface area contributed by atoms with Crippen molar-refractivity contribution in [1.82, 2.24) is 15.2 Å². The summed E-state index contributed by atoms with van der Waals surface area (Å²) < 4.78 is 0. The highest BCUT2D eigenvalue weighted by Crippen LogP contribution is 2.27. The molecule has 3 aromatic rings. The maximum Gasteiger partial charge on any atom is 0.282 e. The predicted octanol–water partition coefficient (Wildman–Crippen LogP) is 1.72. The van der Waals surface area contributed by atoms with Crippen molar-refractivity contribution in [3.63, 3.8) is 0 Å². The average molecular weight is 224 g/mol. The molecule has 0 atom stereocenters. The lowest BCUT2D eigenvalue weighted by molar-refractivity contribution is 1.06. The van der Waals surface area contributed by atoms with E-state index in [0.717, 1.165) is 16.5 Å². The maximum absolute atomic E-state index is 11.4. The van der Waals surface area contributed by atoms with Gasteiger partial charge >= 0.3 is 0 Å². The van der Waals surface area contributed by atoms with Crippen LogP contribution in [-0.4, -0.2) is 15.2 Å². The molecular weight excluding hydrogens is 216 g/mol. The molecule has 1 aromatic carbocycles. The second-order valence-corrected chi connectivity index (χ2v) is 3.69. The van der Waals surface area contributed by atoms with E-state index in [1.807, 2.05) is 30.3 Å². The van der Waals surface area contributed by atoms with Gasteiger partial charge in [-0.3, -0.25) is 15.0 Å². The Morgan fingerprint density at radius 3 is 2.82 bits per heavy atom. The van der Waals surface area contributed by atoms with Crippen LogP contribution in [0.5, 0.6) is 0 Å². The molecule has 3 rings (SSSR count). The summed E-state index contributed by atoms with van der Waals surface area (Å²) in [4.78, 5) is 14.5. The topological polar surface area (TPSA) is 88.2 Å². The van der Waals surface area contributed by atoms with Crippen LogP contribution >= 0.6 is 0 Å². The minimum Gasteiger partial charge on any atom is -0.360 e. The molecule has 0 amide bonds. The summed E-state index contributed by atoms with van der Waals surface area (Å²) in [5.41, 5.74) is 2.02. The lowest BCUT2D eigenvalue weighted by atomic mass is 10.1. The zero-order chi connectivity index (χ0) is 11.8. The van der Waals surface area contributed by atoms with E-state index in [1.165, 1.54) is 0 Å². The van der Waals surface area contributed by atoms with E-state index in [4.69, 9.17) is 5.26 Å². The highest BCUT2D eigenvalue weighted by atomic mass is 16.1. The molecule has 0 aliphatic heterocycles. The number of hydrogen-bond donors (Lipinski definition) is 3. The maximum atomic E-state index is 11.4. The molecule has 0 aliphatic carbocycles. The normalized spacial score (nSPS) is 10.5. The molecule has 0 unspecified atom stereocenters. The molecule has 2 heterocycles. The van der Waals surface area contributed by atoms with Crippen molar-refractivity contribution in [2.75, 3.05) is 0 Å². The van der Waals surface area contributed by atoms with Gasteiger partial charge in [0, 0.05) is 22.7 Å². The van der Waals surface area contributed by atoms with Crippen LogP contribution in [0.1, 0.15) is 5.56 Å². The number of para-hydroxylation sites is 1. The van der Waals surface area contributed by atoms with Crippen LogP contribution in [0.25, 0.3) is 22.2 Å². The Hall–Kier alpha value is -2.74. The average Bonchev–Trinajstić information content (AvgIpc) is 2.92. The minimum atomic E-state index is -0.396. The molecule has 17 heavy (non-hydrogen) atoms. The molecule has 0 radical (unpaired) electrons. The number of aromatic amines is 3. The van der Waals surface area contributed by atoms with Crippen molar-refractivity contribution in [3.05, 3.63) is 46.4 Å². The molecule has 0 saturated carbocycles. The van der Waals surface area contributed by atoms with Gasteiger partial charge in [0.05, 0.1) is 5.69 Å². The number of nitrogens with one attached hydrogen (secondary N) is 3. The lowest BCUT2D eigenvalue weighted by Gasteiger charge is -1.95. The van der Waals surface area contributed by atoms with Gasteiger partial charge in [-0.2, -0.15) is 5.26 Å². The van der Waals surface area contributed by atoms with Gasteiger partial charge < -0.3 is 4.98 Å². The van der Waals surface area contributed by atoms with Crippen molar-refractivity contribution in [1.29, 1.82) is 5.26 Å². The van der Waals surface area contributed by atoms with Crippen molar-refractivity contribution in [2.45, 2.75) is 0 Å². The fraction of sp³-hybridized carbons (Fsp3) is 0. The summed E-state index contributed by atoms with van der Waals surface area (Å²) in [7, 11) is 0. The molecule has 2 aromatic heterocycles. The first kappa shape index (κ1) is 9.48. The highest BCUT2D eigenvalue weighted by molar-refractivity contribution is 5.95. The van der Waals surface area contributed by atoms with Gasteiger partial charge in [0.15, 0.2) is 0 Å². The highest BCUT2D eigenvalue weighted by Gasteiger charge is 2.14. The fourth-order valence-electron chi connectivity index (χ4n) is 1.94. The van der Waals surface area contributed by atoms with Gasteiger partial charge in [-0.1, -0.05) is 18.2 Å². The van der Waals surface area contributed by atoms with E-state index >= 15 is 0 Å². The number of hydrogen-bond acceptors (Lipinski definition) is 2. The van der Waals surface area contributed by atoms with Crippen molar-refractivity contribution in [3.8, 4) is 17.3 Å². The smallest absolute Gasteiger partial charge is 0.282 e. The summed E-state index contributed by atoms with van der Waals surface area (Å²) in [6, 6.07) is 9.62. The Labute approximate surface area is 95.7 Å². The number of H-pyrrole nitrogens is 3. The number of fused-ring (bicyclic) bond motifs is 1. The van der Waals surface area contributed by atoms with Crippen LogP contribution in [0.15, 0.2) is 35.3 Å². The van der Waals surface area contributed by atoms with E-state index in [2.05, 4.69) is 15.2 Å². The first-order chi connectivity index (χ1) is 8.31. The molecule has 5 nitrogen and oxygen atoms in total. The van der Waals surface area contributed by atoms with Gasteiger partial charge in [0.1, 0.15) is 11.6 Å². The van der Waals surface area contributed by atoms with Gasteiger partial charge in [0.25, 0.3) is 5.56 Å². The molecule has 0 saturated heterocycles. The zero-order valence-corrected chi connectivity index (χ0v) is 8.74. The third kappa shape index (κ3) is 1.28. The van der Waals surface area contributed by atoms with E-state index in [1.54, 1.807) is 6.20 Å². The Morgan fingerprint density at radius 2 is 2.00 bits per heavy atom. The molecule has 0 aliphatic rings. The number of benzene rings is 1. The van der Waals surface area contributed by atoms with Crippen molar-refractivity contribution >= 4 is 10.9 Å². The second kappa shape index (κ2) is 3.39. The van der Waals surface area contributed by atoms with Gasteiger partial charge in [0.2, 0.25) is 0 Å². The fourth-order valence-corrected chi connectivity index (χ4v) is 1.94. The third-order valence-electron chi connectivity index (χ3n) is 2.75. The molecule has 5 heteroatoms. The lowest BCUT2D eigenvalue weighted by Crippen LogP contribution is -2.01. The van der Waals surface area contributed by atoms with Gasteiger partial charge in [-0.05, 0) is 6.07 Å². The van der Waals surface area contributed by atoms with Crippen LogP contribution in [0, 0.1) is 11.3 Å². The quantitative estimate of drug-likeness (QED) is 0.587. The van der Waals surface area contributed by atoms with Crippen LogP contribution in [0.2, 0.25) is 0 Å². The molecule has 3 N–H and O–H groups in total. The zero-order valence-electron chi connectivity index (χ0n) is 8.74. The Kier molecular flexibility index (Phi) is 1.89. The molecule has 0 fully saturated rings. The SMILES string of the molecule is N#Cc1c(-c2c[nH]c3ccccc23)[nH][nH]c1=O. The van der Waals surface area contributed by atoms with E-state index in [0.29, 0.717) is 5.69 Å². The first-order valence-electron chi connectivity index (χ1n) is 5.08. The molecule has 0 bridgehead atoms. The second-order valence-electron chi connectivity index (χ2n) is 3.69. The van der Waals surface area contributed by atoms with Gasteiger partial charge in [-0.25, -0.2) is 0 Å². The van der Waals surface area contributed by atoms with Crippen molar-refractivity contribution < 1.29 is 0 Å². The molecule has 82 valence electrons. The Balaban J connectivity index is 2.36. The number of aromatic nitrogens is 3. The Bertz CT molecular complexity index is 785. The number of nitrogens with zero attached hydrogens (tertiary/aromatic N) is 1. The summed E-state index contributed by atoms with van der Waals surface area (Å²) in [5.74, 6) is 0. The van der Waals surface area contributed by atoms with Crippen LogP contribution in [0.3, 0.4) is 0 Å². The van der Waals surface area contributed by atoms with Crippen molar-refractivity contribution in [2.24, 2.45) is 0 Å². The van der Waals surface area contributed by atoms with E-state index in [9.17, 15) is 4.79 Å². The summed E-state index contributed by atoms with van der Waals surface area (Å²) in [6.45, 7) is 0. The van der Waals surface area contributed by atoms with Crippen LogP contribution in [0.4, 0.5) is 0 Å².